The molecule has 0 radical (unpaired) electrons. The van der Waals surface area contributed by atoms with Gasteiger partial charge in [-0.3, -0.25) is 4.79 Å². The van der Waals surface area contributed by atoms with Crippen LogP contribution in [0, 0.1) is 11.6 Å². The maximum atomic E-state index is 13.8. The van der Waals surface area contributed by atoms with Crippen molar-refractivity contribution in [2.45, 2.75) is 76.9 Å². The Morgan fingerprint density at radius 2 is 1.48 bits per heavy atom. The second-order valence-electron chi connectivity index (χ2n) is 10.7. The Kier molecular flexibility index (Phi) is 7.18. The molecule has 0 aliphatic carbocycles. The maximum Gasteiger partial charge on any atom is 0.230 e. The summed E-state index contributed by atoms with van der Waals surface area (Å²) in [7, 11) is 0. The van der Waals surface area contributed by atoms with E-state index in [2.05, 4.69) is 53.6 Å². The number of halogens is 2. The molecule has 180 valence electrons. The van der Waals surface area contributed by atoms with Crippen molar-refractivity contribution < 1.29 is 13.6 Å². The second kappa shape index (κ2) is 9.41. The smallest absolute Gasteiger partial charge is 0.230 e. The Bertz CT molecular complexity index is 965. The maximum absolute atomic E-state index is 13.8. The van der Waals surface area contributed by atoms with Gasteiger partial charge in [0.15, 0.2) is 11.6 Å². The Morgan fingerprint density at radius 3 is 2.06 bits per heavy atom. The number of rotatable bonds is 7. The van der Waals surface area contributed by atoms with Gasteiger partial charge in [0.05, 0.1) is 11.0 Å². The predicted molar refractivity (Wildman–Crippen MR) is 130 cm³/mol. The van der Waals surface area contributed by atoms with Crippen LogP contribution in [0.25, 0.3) is 0 Å². The number of piperidine rings is 1. The average molecular weight is 458 g/mol. The molecular formula is C27H37F2N3O. The summed E-state index contributed by atoms with van der Waals surface area (Å²) in [6.45, 7) is 13.6. The van der Waals surface area contributed by atoms with Crippen LogP contribution in [0.1, 0.15) is 59.9 Å². The quantitative estimate of drug-likeness (QED) is 0.603. The van der Waals surface area contributed by atoms with E-state index >= 15 is 0 Å². The number of anilines is 1. The van der Waals surface area contributed by atoms with Gasteiger partial charge in [-0.15, -0.1) is 0 Å². The van der Waals surface area contributed by atoms with Crippen molar-refractivity contribution in [3.05, 3.63) is 65.7 Å². The van der Waals surface area contributed by atoms with Crippen molar-refractivity contribution in [2.24, 2.45) is 0 Å². The number of para-hydroxylation sites is 1. The van der Waals surface area contributed by atoms with Gasteiger partial charge >= 0.3 is 0 Å². The largest absolute Gasteiger partial charge is 0.371 e. The summed E-state index contributed by atoms with van der Waals surface area (Å²) in [5.41, 5.74) is -0.304. The van der Waals surface area contributed by atoms with Gasteiger partial charge in [-0.1, -0.05) is 24.3 Å². The molecule has 33 heavy (non-hydrogen) atoms. The van der Waals surface area contributed by atoms with E-state index in [4.69, 9.17) is 0 Å². The molecule has 2 N–H and O–H groups in total. The molecule has 2 aromatic carbocycles. The predicted octanol–water partition coefficient (Wildman–Crippen LogP) is 5.17. The van der Waals surface area contributed by atoms with Gasteiger partial charge in [0.2, 0.25) is 5.91 Å². The number of amides is 1. The molecule has 0 unspecified atom stereocenters. The van der Waals surface area contributed by atoms with E-state index in [1.54, 1.807) is 13.8 Å². The summed E-state index contributed by atoms with van der Waals surface area (Å²) in [4.78, 5) is 15.7. The third kappa shape index (κ3) is 5.55. The summed E-state index contributed by atoms with van der Waals surface area (Å²) in [5, 5.41) is 6.94. The van der Waals surface area contributed by atoms with Crippen molar-refractivity contribution in [2.75, 3.05) is 18.0 Å². The molecule has 4 nitrogen and oxygen atoms in total. The summed E-state index contributed by atoms with van der Waals surface area (Å²) in [6.07, 6.45) is 2.03. The summed E-state index contributed by atoms with van der Waals surface area (Å²) in [5.74, 6) is -2.09. The molecule has 1 fully saturated rings. The molecule has 0 aromatic heterocycles. The lowest BCUT2D eigenvalue weighted by molar-refractivity contribution is -0.128. The highest BCUT2D eigenvalue weighted by atomic mass is 19.2. The summed E-state index contributed by atoms with van der Waals surface area (Å²) >= 11 is 0. The summed E-state index contributed by atoms with van der Waals surface area (Å²) in [6, 6.07) is 14.4. The van der Waals surface area contributed by atoms with Crippen LogP contribution in [-0.2, 0) is 10.2 Å². The lowest BCUT2D eigenvalue weighted by atomic mass is 9.78. The molecule has 1 heterocycles. The van der Waals surface area contributed by atoms with Gasteiger partial charge in [0.25, 0.3) is 0 Å². The molecule has 2 aromatic rings. The van der Waals surface area contributed by atoms with Crippen LogP contribution >= 0.6 is 0 Å². The molecule has 0 spiro atoms. The normalized spacial score (nSPS) is 16.1. The van der Waals surface area contributed by atoms with Crippen LogP contribution in [0.4, 0.5) is 14.5 Å². The molecule has 0 bridgehead atoms. The molecule has 0 saturated carbocycles. The lowest BCUT2D eigenvalue weighted by Gasteiger charge is -2.47. The van der Waals surface area contributed by atoms with E-state index in [0.29, 0.717) is 11.6 Å². The van der Waals surface area contributed by atoms with Crippen LogP contribution in [-0.4, -0.2) is 36.1 Å². The second-order valence-corrected chi connectivity index (χ2v) is 10.7. The minimum absolute atomic E-state index is 0.229. The van der Waals surface area contributed by atoms with Gasteiger partial charge in [0, 0.05) is 30.4 Å². The first-order valence-corrected chi connectivity index (χ1v) is 11.7. The third-order valence-electron chi connectivity index (χ3n) is 7.38. The van der Waals surface area contributed by atoms with Crippen molar-refractivity contribution in [3.63, 3.8) is 0 Å². The molecule has 1 saturated heterocycles. The molecule has 6 heteroatoms. The minimum Gasteiger partial charge on any atom is -0.371 e. The Morgan fingerprint density at radius 1 is 0.879 bits per heavy atom. The number of benzene rings is 2. The SMILES string of the molecule is CC(C)(C(=O)NC(C)(C)C(C)(C)NC1CCN(c2ccccc2)CC1)c1ccc(F)c(F)c1. The molecule has 1 aliphatic heterocycles. The highest BCUT2D eigenvalue weighted by molar-refractivity contribution is 5.88. The van der Waals surface area contributed by atoms with Crippen molar-refractivity contribution >= 4 is 11.6 Å². The highest BCUT2D eigenvalue weighted by Gasteiger charge is 2.43. The van der Waals surface area contributed by atoms with Crippen LogP contribution in [0.3, 0.4) is 0 Å². The fourth-order valence-electron chi connectivity index (χ4n) is 4.22. The standard InChI is InChI=1S/C27H37F2N3O/c1-25(2,19-12-13-22(28)23(29)18-19)24(33)31-27(5,6)26(3,4)30-20-14-16-32(17-15-20)21-10-8-7-9-11-21/h7-13,18,20,30H,14-17H2,1-6H3,(H,31,33). The van der Waals surface area contributed by atoms with E-state index in [1.165, 1.54) is 11.8 Å². The van der Waals surface area contributed by atoms with Crippen molar-refractivity contribution in [1.82, 2.24) is 10.6 Å². The van der Waals surface area contributed by atoms with E-state index in [9.17, 15) is 13.6 Å². The monoisotopic (exact) mass is 457 g/mol. The lowest BCUT2D eigenvalue weighted by Crippen LogP contribution is -2.68. The van der Waals surface area contributed by atoms with Gasteiger partial charge in [-0.25, -0.2) is 8.78 Å². The van der Waals surface area contributed by atoms with Gasteiger partial charge < -0.3 is 15.5 Å². The van der Waals surface area contributed by atoms with Gasteiger partial charge in [-0.2, -0.15) is 0 Å². The van der Waals surface area contributed by atoms with Gasteiger partial charge in [-0.05, 0) is 84.2 Å². The van der Waals surface area contributed by atoms with Crippen LogP contribution in [0.15, 0.2) is 48.5 Å². The topological polar surface area (TPSA) is 44.4 Å². The van der Waals surface area contributed by atoms with Gasteiger partial charge in [0.1, 0.15) is 0 Å². The number of carbonyl (C=O) groups is 1. The minimum atomic E-state index is -1.01. The highest BCUT2D eigenvalue weighted by Crippen LogP contribution is 2.30. The van der Waals surface area contributed by atoms with Crippen molar-refractivity contribution in [1.29, 1.82) is 0 Å². The number of hydrogen-bond acceptors (Lipinski definition) is 3. The van der Waals surface area contributed by atoms with E-state index < -0.39 is 28.1 Å². The average Bonchev–Trinajstić information content (AvgIpc) is 2.76. The van der Waals surface area contributed by atoms with Crippen molar-refractivity contribution in [3.8, 4) is 0 Å². The molecule has 0 atom stereocenters. The Hall–Kier alpha value is -2.47. The van der Waals surface area contributed by atoms with Crippen LogP contribution in [0.5, 0.6) is 0 Å². The third-order valence-corrected chi connectivity index (χ3v) is 7.38. The zero-order valence-electron chi connectivity index (χ0n) is 20.6. The van der Waals surface area contributed by atoms with E-state index in [1.807, 2.05) is 19.9 Å². The molecule has 1 amide bonds. The number of hydrogen-bond donors (Lipinski definition) is 2. The zero-order valence-corrected chi connectivity index (χ0v) is 20.6. The van der Waals surface area contributed by atoms with Crippen LogP contribution < -0.4 is 15.5 Å². The zero-order chi connectivity index (χ0) is 24.4. The number of nitrogens with one attached hydrogen (secondary N) is 2. The molecule has 3 rings (SSSR count). The van der Waals surface area contributed by atoms with E-state index in [-0.39, 0.29) is 5.91 Å². The molecular weight excluding hydrogens is 420 g/mol. The fraction of sp³-hybridized carbons (Fsp3) is 0.519. The first-order chi connectivity index (χ1) is 15.3. The fourth-order valence-corrected chi connectivity index (χ4v) is 4.22. The number of carbonyl (C=O) groups excluding carboxylic acids is 1. The first kappa shape index (κ1) is 25.2. The van der Waals surface area contributed by atoms with E-state index in [0.717, 1.165) is 38.1 Å². The number of nitrogens with zero attached hydrogens (tertiary/aromatic N) is 1. The summed E-state index contributed by atoms with van der Waals surface area (Å²) < 4.78 is 27.1. The molecule has 1 aliphatic rings. The Balaban J connectivity index is 1.63. The first-order valence-electron chi connectivity index (χ1n) is 11.7. The van der Waals surface area contributed by atoms with Crippen LogP contribution in [0.2, 0.25) is 0 Å². The Labute approximate surface area is 196 Å².